The van der Waals surface area contributed by atoms with E-state index in [4.69, 9.17) is 0 Å². The van der Waals surface area contributed by atoms with E-state index in [1.165, 1.54) is 12.0 Å². The molecule has 0 aromatic heterocycles. The van der Waals surface area contributed by atoms with Crippen LogP contribution in [0.3, 0.4) is 0 Å². The monoisotopic (exact) mass is 583 g/mol. The van der Waals surface area contributed by atoms with Crippen LogP contribution in [0.4, 0.5) is 13.2 Å². The lowest BCUT2D eigenvalue weighted by Crippen LogP contribution is -2.61. The average molecular weight is 584 g/mol. The molecule has 1 heterocycles. The molecular formula is C27H32F3N3O6S. The Labute approximate surface area is 231 Å². The van der Waals surface area contributed by atoms with Crippen LogP contribution in [0, 0.1) is 0 Å². The van der Waals surface area contributed by atoms with E-state index in [2.05, 4.69) is 10.1 Å². The molecule has 13 heteroatoms. The number of methoxy groups -OCH3 is 1. The van der Waals surface area contributed by atoms with Crippen LogP contribution in [0.2, 0.25) is 0 Å². The predicted molar refractivity (Wildman–Crippen MR) is 139 cm³/mol. The Hall–Kier alpha value is -3.45. The predicted octanol–water partition coefficient (Wildman–Crippen LogP) is 3.30. The summed E-state index contributed by atoms with van der Waals surface area (Å²) in [6.45, 7) is 3.55. The van der Waals surface area contributed by atoms with Crippen molar-refractivity contribution in [2.45, 2.75) is 56.3 Å². The van der Waals surface area contributed by atoms with Crippen LogP contribution in [-0.2, 0) is 41.9 Å². The maximum atomic E-state index is 13.5. The normalized spacial score (nSPS) is 16.6. The van der Waals surface area contributed by atoms with Gasteiger partial charge in [0.05, 0.1) is 24.0 Å². The second-order valence-electron chi connectivity index (χ2n) is 9.68. The van der Waals surface area contributed by atoms with Crippen LogP contribution in [0.15, 0.2) is 53.4 Å². The number of halogens is 3. The first-order valence-corrected chi connectivity index (χ1v) is 14.1. The first-order valence-electron chi connectivity index (χ1n) is 12.6. The highest BCUT2D eigenvalue weighted by molar-refractivity contribution is 7.89. The van der Waals surface area contributed by atoms with Crippen molar-refractivity contribution in [1.29, 1.82) is 0 Å². The van der Waals surface area contributed by atoms with Crippen LogP contribution in [0.25, 0.3) is 0 Å². The van der Waals surface area contributed by atoms with E-state index in [9.17, 15) is 36.0 Å². The minimum atomic E-state index is -4.64. The summed E-state index contributed by atoms with van der Waals surface area (Å²) in [5.41, 5.74) is 0.874. The average Bonchev–Trinajstić information content (AvgIpc) is 2.93. The van der Waals surface area contributed by atoms with Gasteiger partial charge in [-0.2, -0.15) is 17.5 Å². The number of piperazine rings is 1. The Kier molecular flexibility index (Phi) is 9.96. The fourth-order valence-electron chi connectivity index (χ4n) is 4.24. The fourth-order valence-corrected chi connectivity index (χ4v) is 5.81. The van der Waals surface area contributed by atoms with Crippen LogP contribution in [0.1, 0.15) is 49.3 Å². The van der Waals surface area contributed by atoms with Crippen molar-refractivity contribution in [2.24, 2.45) is 0 Å². The quantitative estimate of drug-likeness (QED) is 0.454. The summed E-state index contributed by atoms with van der Waals surface area (Å²) < 4.78 is 71.4. The van der Waals surface area contributed by atoms with Gasteiger partial charge in [-0.1, -0.05) is 38.1 Å². The Morgan fingerprint density at radius 2 is 1.62 bits per heavy atom. The number of amides is 2. The van der Waals surface area contributed by atoms with E-state index in [0.29, 0.717) is 18.1 Å². The molecule has 1 saturated heterocycles. The van der Waals surface area contributed by atoms with Gasteiger partial charge >= 0.3 is 12.1 Å². The van der Waals surface area contributed by atoms with E-state index in [1.54, 1.807) is 0 Å². The molecule has 0 spiro atoms. The molecule has 0 radical (unpaired) electrons. The van der Waals surface area contributed by atoms with E-state index in [-0.39, 0.29) is 39.0 Å². The van der Waals surface area contributed by atoms with Crippen molar-refractivity contribution < 1.29 is 40.7 Å². The summed E-state index contributed by atoms with van der Waals surface area (Å²) in [4.78, 5) is 38.4. The van der Waals surface area contributed by atoms with Crippen LogP contribution >= 0.6 is 0 Å². The van der Waals surface area contributed by atoms with Crippen molar-refractivity contribution in [3.05, 3.63) is 65.2 Å². The maximum Gasteiger partial charge on any atom is 0.416 e. The molecule has 0 bridgehead atoms. The summed E-state index contributed by atoms with van der Waals surface area (Å²) >= 11 is 0. The molecule has 2 aromatic carbocycles. The van der Waals surface area contributed by atoms with Crippen molar-refractivity contribution in [2.75, 3.05) is 26.7 Å². The first kappa shape index (κ1) is 31.1. The first-order chi connectivity index (χ1) is 18.7. The Bertz CT molecular complexity index is 1310. The summed E-state index contributed by atoms with van der Waals surface area (Å²) in [5.74, 6) is -1.40. The second-order valence-corrected chi connectivity index (χ2v) is 11.6. The maximum absolute atomic E-state index is 13.5. The number of esters is 1. The number of nitrogens with one attached hydrogen (secondary N) is 1. The number of carbonyl (C=O) groups is 3. The van der Waals surface area contributed by atoms with Crippen molar-refractivity contribution in [1.82, 2.24) is 14.5 Å². The molecule has 1 aliphatic heterocycles. The topological polar surface area (TPSA) is 113 Å². The van der Waals surface area contributed by atoms with Crippen molar-refractivity contribution >= 4 is 27.8 Å². The molecule has 40 heavy (non-hydrogen) atoms. The molecule has 1 fully saturated rings. The van der Waals surface area contributed by atoms with Gasteiger partial charge in [-0.15, -0.1) is 0 Å². The molecular weight excluding hydrogens is 551 g/mol. The minimum Gasteiger partial charge on any atom is -0.469 e. The van der Waals surface area contributed by atoms with E-state index in [1.807, 2.05) is 38.1 Å². The lowest BCUT2D eigenvalue weighted by Gasteiger charge is -2.39. The van der Waals surface area contributed by atoms with E-state index >= 15 is 0 Å². The smallest absolute Gasteiger partial charge is 0.416 e. The molecule has 3 rings (SSSR count). The van der Waals surface area contributed by atoms with Gasteiger partial charge in [-0.25, -0.2) is 8.42 Å². The lowest BCUT2D eigenvalue weighted by molar-refractivity contribution is -0.144. The lowest BCUT2D eigenvalue weighted by atomic mass is 10.0. The number of hydrogen-bond acceptors (Lipinski definition) is 6. The number of carbonyl (C=O) groups excluding carboxylic acids is 3. The van der Waals surface area contributed by atoms with Crippen LogP contribution < -0.4 is 5.32 Å². The molecule has 2 aromatic rings. The third-order valence-electron chi connectivity index (χ3n) is 6.66. The molecule has 2 amide bonds. The second kappa shape index (κ2) is 12.8. The Balaban J connectivity index is 1.83. The summed E-state index contributed by atoms with van der Waals surface area (Å²) in [5, 5.41) is 2.71. The molecule has 1 atom stereocenters. The van der Waals surface area contributed by atoms with Gasteiger partial charge in [0, 0.05) is 32.6 Å². The van der Waals surface area contributed by atoms with Gasteiger partial charge in [0.1, 0.15) is 6.04 Å². The Morgan fingerprint density at radius 1 is 1.00 bits per heavy atom. The third kappa shape index (κ3) is 7.60. The summed E-state index contributed by atoms with van der Waals surface area (Å²) in [6, 6.07) is 9.20. The number of hydrogen-bond donors (Lipinski definition) is 1. The molecule has 1 unspecified atom stereocenters. The van der Waals surface area contributed by atoms with Gasteiger partial charge < -0.3 is 15.0 Å². The number of nitrogens with zero attached hydrogens (tertiary/aromatic N) is 2. The number of ether oxygens (including phenoxy) is 1. The standard InChI is InChI=1S/C27H32F3N3O6S/c1-18(2)20-6-4-19(5-7-20)16-31-26(36)23-17-32(24(34)12-13-25(35)39-3)14-15-33(23)40(37,38)22-10-8-21(9-11-22)27(28,29)30/h4-11,18,23H,12-17H2,1-3H3,(H,31,36). The number of alkyl halides is 3. The van der Waals surface area contributed by atoms with Crippen molar-refractivity contribution in [3.8, 4) is 0 Å². The largest absolute Gasteiger partial charge is 0.469 e. The van der Waals surface area contributed by atoms with Crippen molar-refractivity contribution in [3.63, 3.8) is 0 Å². The van der Waals surface area contributed by atoms with Gasteiger partial charge in [0.2, 0.25) is 21.8 Å². The number of rotatable bonds is 9. The highest BCUT2D eigenvalue weighted by Gasteiger charge is 2.41. The molecule has 9 nitrogen and oxygen atoms in total. The van der Waals surface area contributed by atoms with Gasteiger partial charge in [-0.05, 0) is 41.3 Å². The van der Waals surface area contributed by atoms with E-state index in [0.717, 1.165) is 27.6 Å². The summed E-state index contributed by atoms with van der Waals surface area (Å²) in [6.07, 6.45) is -5.01. The highest BCUT2D eigenvalue weighted by Crippen LogP contribution is 2.31. The van der Waals surface area contributed by atoms with E-state index < -0.39 is 50.5 Å². The highest BCUT2D eigenvalue weighted by atomic mass is 32.2. The molecule has 218 valence electrons. The third-order valence-corrected chi connectivity index (χ3v) is 8.58. The molecule has 1 aliphatic rings. The number of sulfonamides is 1. The molecule has 0 saturated carbocycles. The van der Waals surface area contributed by atoms with Gasteiger partial charge in [0.25, 0.3) is 0 Å². The summed E-state index contributed by atoms with van der Waals surface area (Å²) in [7, 11) is -3.21. The fraction of sp³-hybridized carbons (Fsp3) is 0.444. The van der Waals surface area contributed by atoms with Gasteiger partial charge in [-0.3, -0.25) is 14.4 Å². The molecule has 1 N–H and O–H groups in total. The minimum absolute atomic E-state index is 0.0691. The molecule has 0 aliphatic carbocycles. The van der Waals surface area contributed by atoms with Gasteiger partial charge in [0.15, 0.2) is 0 Å². The zero-order chi connectivity index (χ0) is 29.7. The zero-order valence-electron chi connectivity index (χ0n) is 22.4. The zero-order valence-corrected chi connectivity index (χ0v) is 23.2. The van der Waals surface area contributed by atoms with Crippen LogP contribution in [0.5, 0.6) is 0 Å². The SMILES string of the molecule is COC(=O)CCC(=O)N1CCN(S(=O)(=O)c2ccc(C(F)(F)F)cc2)C(C(=O)NCc2ccc(C(C)C)cc2)C1. The Morgan fingerprint density at radius 3 is 2.17 bits per heavy atom. The van der Waals surface area contributed by atoms with Crippen LogP contribution in [-0.4, -0.2) is 68.2 Å². The number of benzene rings is 2.